The molecule has 0 amide bonds. The molecule has 1 aromatic carbocycles. The lowest BCUT2D eigenvalue weighted by Gasteiger charge is -2.10. The van der Waals surface area contributed by atoms with Gasteiger partial charge in [0.05, 0.1) is 10.5 Å². The highest BCUT2D eigenvalue weighted by Gasteiger charge is 2.32. The van der Waals surface area contributed by atoms with Gasteiger partial charge in [-0.3, -0.25) is 10.1 Å². The third-order valence-corrected chi connectivity index (χ3v) is 2.24. The molecule has 0 saturated carbocycles. The monoisotopic (exact) mass is 280 g/mol. The van der Waals surface area contributed by atoms with Gasteiger partial charge in [-0.1, -0.05) is 0 Å². The molecule has 6 nitrogen and oxygen atoms in total. The molecule has 0 atom stereocenters. The van der Waals surface area contributed by atoms with Crippen molar-refractivity contribution in [3.63, 3.8) is 0 Å². The third-order valence-electron chi connectivity index (χ3n) is 2.24. The predicted octanol–water partition coefficient (Wildman–Crippen LogP) is 1.73. The van der Waals surface area contributed by atoms with E-state index < -0.39 is 28.6 Å². The molecule has 0 aliphatic rings. The molecule has 0 heterocycles. The summed E-state index contributed by atoms with van der Waals surface area (Å²) in [6.07, 6.45) is -6.37. The summed E-state index contributed by atoms with van der Waals surface area (Å²) in [4.78, 5) is 9.76. The molecule has 0 aromatic heterocycles. The maximum atomic E-state index is 12.4. The summed E-state index contributed by atoms with van der Waals surface area (Å²) in [5, 5.41) is 30.4. The Morgan fingerprint density at radius 1 is 1.37 bits per heavy atom. The number of hydrogen-bond acceptors (Lipinski definition) is 5. The summed E-state index contributed by atoms with van der Waals surface area (Å²) >= 11 is 0. The second-order valence-electron chi connectivity index (χ2n) is 3.68. The van der Waals surface area contributed by atoms with Crippen molar-refractivity contribution >= 4 is 11.4 Å². The van der Waals surface area contributed by atoms with Crippen LogP contribution in [-0.4, -0.2) is 28.0 Å². The first kappa shape index (κ1) is 15.2. The predicted molar refractivity (Wildman–Crippen MR) is 59.4 cm³/mol. The zero-order valence-electron chi connectivity index (χ0n) is 9.52. The zero-order valence-corrected chi connectivity index (χ0v) is 9.52. The Bertz CT molecular complexity index is 463. The van der Waals surface area contributed by atoms with E-state index in [-0.39, 0.29) is 18.7 Å². The Morgan fingerprint density at radius 2 is 2.00 bits per heavy atom. The van der Waals surface area contributed by atoms with Crippen molar-refractivity contribution in [2.45, 2.75) is 18.9 Å². The lowest BCUT2D eigenvalue weighted by atomic mass is 10.1. The minimum absolute atomic E-state index is 0.0239. The van der Waals surface area contributed by atoms with Gasteiger partial charge in [0, 0.05) is 19.0 Å². The average Bonchev–Trinajstić information content (AvgIpc) is 2.27. The van der Waals surface area contributed by atoms with Crippen molar-refractivity contribution in [1.29, 1.82) is 0 Å². The van der Waals surface area contributed by atoms with E-state index >= 15 is 0 Å². The van der Waals surface area contributed by atoms with Crippen LogP contribution in [0.25, 0.3) is 0 Å². The number of rotatable bonds is 5. The minimum atomic E-state index is -4.66. The van der Waals surface area contributed by atoms with Crippen LogP contribution in [0.3, 0.4) is 0 Å². The lowest BCUT2D eigenvalue weighted by molar-refractivity contribution is -0.384. The number of anilines is 1. The molecule has 9 heteroatoms. The van der Waals surface area contributed by atoms with Crippen LogP contribution in [0.15, 0.2) is 18.2 Å². The first-order chi connectivity index (χ1) is 8.71. The average molecular weight is 280 g/mol. The van der Waals surface area contributed by atoms with Gasteiger partial charge in [0.15, 0.2) is 6.29 Å². The highest BCUT2D eigenvalue weighted by Crippen LogP contribution is 2.34. The van der Waals surface area contributed by atoms with E-state index in [0.717, 1.165) is 6.07 Å². The number of hydrogen-bond donors (Lipinski definition) is 3. The number of benzene rings is 1. The molecule has 0 unspecified atom stereocenters. The number of nitrogens with zero attached hydrogens (tertiary/aromatic N) is 1. The molecule has 1 rings (SSSR count). The van der Waals surface area contributed by atoms with Gasteiger partial charge in [-0.05, 0) is 12.1 Å². The second kappa shape index (κ2) is 5.85. The van der Waals surface area contributed by atoms with Crippen LogP contribution in [0.5, 0.6) is 0 Å². The second-order valence-corrected chi connectivity index (χ2v) is 3.68. The molecule has 0 spiro atoms. The highest BCUT2D eigenvalue weighted by molar-refractivity contribution is 5.62. The number of nitrogens with one attached hydrogen (secondary N) is 1. The van der Waals surface area contributed by atoms with E-state index in [1.165, 1.54) is 0 Å². The quantitative estimate of drug-likeness (QED) is 0.433. The number of halogens is 3. The van der Waals surface area contributed by atoms with Gasteiger partial charge in [-0.2, -0.15) is 13.2 Å². The molecule has 1 aromatic rings. The first-order valence-corrected chi connectivity index (χ1v) is 5.17. The van der Waals surface area contributed by atoms with Crippen LogP contribution < -0.4 is 5.32 Å². The fraction of sp³-hybridized carbons (Fsp3) is 0.400. The molecule has 3 N–H and O–H groups in total. The van der Waals surface area contributed by atoms with E-state index in [4.69, 9.17) is 10.2 Å². The number of aliphatic hydroxyl groups is 2. The molecule has 19 heavy (non-hydrogen) atoms. The fourth-order valence-corrected chi connectivity index (χ4v) is 1.34. The number of aliphatic hydroxyl groups excluding tert-OH is 1. The SMILES string of the molecule is O=[N+]([O-])c1cc(C(F)(F)F)ccc1NCCC(O)O. The van der Waals surface area contributed by atoms with Crippen molar-refractivity contribution in [2.24, 2.45) is 0 Å². The third kappa shape index (κ3) is 4.38. The maximum Gasteiger partial charge on any atom is 0.416 e. The number of nitro benzene ring substituents is 1. The smallest absolute Gasteiger partial charge is 0.379 e. The van der Waals surface area contributed by atoms with Crippen LogP contribution in [0.2, 0.25) is 0 Å². The summed E-state index contributed by atoms with van der Waals surface area (Å²) in [5.74, 6) is 0. The molecule has 0 saturated heterocycles. The summed E-state index contributed by atoms with van der Waals surface area (Å²) in [5.41, 5.74) is -1.95. The lowest BCUT2D eigenvalue weighted by Crippen LogP contribution is -2.13. The van der Waals surface area contributed by atoms with Gasteiger partial charge < -0.3 is 15.5 Å². The van der Waals surface area contributed by atoms with E-state index in [1.807, 2.05) is 0 Å². The fourth-order valence-electron chi connectivity index (χ4n) is 1.34. The van der Waals surface area contributed by atoms with Crippen LogP contribution in [0.1, 0.15) is 12.0 Å². The largest absolute Gasteiger partial charge is 0.416 e. The summed E-state index contributed by atoms with van der Waals surface area (Å²) in [6, 6.07) is 2.08. The molecular formula is C10H11F3N2O4. The van der Waals surface area contributed by atoms with Crippen LogP contribution in [0, 0.1) is 10.1 Å². The standard InChI is InChI=1S/C10H11F3N2O4/c11-10(12,13)6-1-2-7(8(5-6)15(18)19)14-4-3-9(16)17/h1-2,5,9,14,16-17H,3-4H2. The van der Waals surface area contributed by atoms with Crippen LogP contribution >= 0.6 is 0 Å². The molecule has 0 aliphatic heterocycles. The number of nitro groups is 1. The van der Waals surface area contributed by atoms with Crippen molar-refractivity contribution in [2.75, 3.05) is 11.9 Å². The topological polar surface area (TPSA) is 95.6 Å². The summed E-state index contributed by atoms with van der Waals surface area (Å²) in [6.45, 7) is -0.0239. The van der Waals surface area contributed by atoms with Crippen molar-refractivity contribution in [3.8, 4) is 0 Å². The van der Waals surface area contributed by atoms with Gasteiger partial charge in [-0.15, -0.1) is 0 Å². The zero-order chi connectivity index (χ0) is 14.6. The molecule has 0 bridgehead atoms. The highest BCUT2D eigenvalue weighted by atomic mass is 19.4. The van der Waals surface area contributed by atoms with E-state index in [0.29, 0.717) is 12.1 Å². The van der Waals surface area contributed by atoms with Crippen LogP contribution in [0.4, 0.5) is 24.5 Å². The molecule has 0 radical (unpaired) electrons. The summed E-state index contributed by atoms with van der Waals surface area (Å²) < 4.78 is 37.2. The summed E-state index contributed by atoms with van der Waals surface area (Å²) in [7, 11) is 0. The Labute approximate surface area is 105 Å². The van der Waals surface area contributed by atoms with Crippen molar-refractivity contribution in [3.05, 3.63) is 33.9 Å². The molecule has 0 fully saturated rings. The van der Waals surface area contributed by atoms with Crippen molar-refractivity contribution < 1.29 is 28.3 Å². The van der Waals surface area contributed by atoms with Gasteiger partial charge >= 0.3 is 6.18 Å². The van der Waals surface area contributed by atoms with Crippen molar-refractivity contribution in [1.82, 2.24) is 0 Å². The molecule has 0 aliphatic carbocycles. The van der Waals surface area contributed by atoms with Crippen LogP contribution in [-0.2, 0) is 6.18 Å². The Kier molecular flexibility index (Phi) is 4.67. The molecule has 106 valence electrons. The Hall–Kier alpha value is -1.87. The van der Waals surface area contributed by atoms with E-state index in [9.17, 15) is 23.3 Å². The normalized spacial score (nSPS) is 11.7. The minimum Gasteiger partial charge on any atom is -0.379 e. The van der Waals surface area contributed by atoms with Gasteiger partial charge in [0.1, 0.15) is 5.69 Å². The van der Waals surface area contributed by atoms with Gasteiger partial charge in [0.25, 0.3) is 5.69 Å². The van der Waals surface area contributed by atoms with E-state index in [2.05, 4.69) is 5.32 Å². The van der Waals surface area contributed by atoms with Gasteiger partial charge in [0.2, 0.25) is 0 Å². The Balaban J connectivity index is 2.96. The van der Waals surface area contributed by atoms with Gasteiger partial charge in [-0.25, -0.2) is 0 Å². The first-order valence-electron chi connectivity index (χ1n) is 5.17. The van der Waals surface area contributed by atoms with E-state index in [1.54, 1.807) is 0 Å². The maximum absolute atomic E-state index is 12.4. The number of alkyl halides is 3. The molecular weight excluding hydrogens is 269 g/mol. The Morgan fingerprint density at radius 3 is 2.47 bits per heavy atom.